The molecule has 4 nitrogen and oxygen atoms in total. The second-order valence-electron chi connectivity index (χ2n) is 4.23. The van der Waals surface area contributed by atoms with Crippen LogP contribution in [0.1, 0.15) is 34.6 Å². The molecule has 0 aromatic rings. The third-order valence-electron chi connectivity index (χ3n) is 2.74. The smallest absolute Gasteiger partial charge is 0.319 e. The quantitative estimate of drug-likeness (QED) is 0.490. The lowest BCUT2D eigenvalue weighted by Gasteiger charge is -2.25. The van der Waals surface area contributed by atoms with Gasteiger partial charge in [-0.1, -0.05) is 13.8 Å². The Kier molecular flexibility index (Phi) is 6.26. The Morgan fingerprint density at radius 2 is 1.62 bits per heavy atom. The van der Waals surface area contributed by atoms with Crippen molar-refractivity contribution < 1.29 is 14.3 Å². The average molecular weight is 229 g/mol. The van der Waals surface area contributed by atoms with Gasteiger partial charge in [0.25, 0.3) is 0 Å². The number of rotatable bonds is 7. The molecule has 0 fully saturated rings. The van der Waals surface area contributed by atoms with Gasteiger partial charge >= 0.3 is 5.97 Å². The Labute approximate surface area is 98.0 Å². The monoisotopic (exact) mass is 229 g/mol. The zero-order chi connectivity index (χ0) is 12.8. The van der Waals surface area contributed by atoms with E-state index in [0.29, 0.717) is 13.2 Å². The topological polar surface area (TPSA) is 46.6 Å². The van der Waals surface area contributed by atoms with E-state index in [-0.39, 0.29) is 5.78 Å². The van der Waals surface area contributed by atoms with Crippen molar-refractivity contribution in [2.75, 3.05) is 26.2 Å². The SMILES string of the molecule is CCOC(=O)C(C)(C)C(=O)CN(CC)CC. The molecule has 0 bridgehead atoms. The van der Waals surface area contributed by atoms with Gasteiger partial charge in [-0.05, 0) is 33.9 Å². The van der Waals surface area contributed by atoms with Crippen LogP contribution in [0.2, 0.25) is 0 Å². The Morgan fingerprint density at radius 1 is 1.12 bits per heavy atom. The van der Waals surface area contributed by atoms with Crippen molar-refractivity contribution >= 4 is 11.8 Å². The molecule has 0 rings (SSSR count). The van der Waals surface area contributed by atoms with E-state index in [9.17, 15) is 9.59 Å². The summed E-state index contributed by atoms with van der Waals surface area (Å²) < 4.78 is 4.90. The first-order valence-corrected chi connectivity index (χ1v) is 5.82. The lowest BCUT2D eigenvalue weighted by atomic mass is 9.88. The van der Waals surface area contributed by atoms with Gasteiger partial charge in [-0.2, -0.15) is 0 Å². The number of Topliss-reactive ketones (excluding diaryl/α,β-unsaturated/α-hetero) is 1. The number of esters is 1. The van der Waals surface area contributed by atoms with Gasteiger partial charge < -0.3 is 4.74 Å². The summed E-state index contributed by atoms with van der Waals surface area (Å²) in [4.78, 5) is 25.6. The second-order valence-corrected chi connectivity index (χ2v) is 4.23. The van der Waals surface area contributed by atoms with Crippen LogP contribution in [0, 0.1) is 5.41 Å². The molecule has 0 amide bonds. The molecule has 0 spiro atoms. The fraction of sp³-hybridized carbons (Fsp3) is 0.833. The number of hydrogen-bond acceptors (Lipinski definition) is 4. The maximum atomic E-state index is 12.0. The minimum absolute atomic E-state index is 0.0883. The molecule has 16 heavy (non-hydrogen) atoms. The van der Waals surface area contributed by atoms with Gasteiger partial charge in [0.15, 0.2) is 5.78 Å². The Balaban J connectivity index is 4.50. The highest BCUT2D eigenvalue weighted by atomic mass is 16.5. The van der Waals surface area contributed by atoms with Crippen LogP contribution >= 0.6 is 0 Å². The first-order chi connectivity index (χ1) is 7.39. The van der Waals surface area contributed by atoms with Gasteiger partial charge in [-0.15, -0.1) is 0 Å². The van der Waals surface area contributed by atoms with Gasteiger partial charge in [0.2, 0.25) is 0 Å². The molecule has 0 saturated carbocycles. The lowest BCUT2D eigenvalue weighted by Crippen LogP contribution is -2.42. The van der Waals surface area contributed by atoms with Crippen LogP contribution in [0.25, 0.3) is 0 Å². The Morgan fingerprint density at radius 3 is 2.00 bits per heavy atom. The highest BCUT2D eigenvalue weighted by Crippen LogP contribution is 2.19. The van der Waals surface area contributed by atoms with Crippen LogP contribution in [0.4, 0.5) is 0 Å². The van der Waals surface area contributed by atoms with Crippen LogP contribution in [0.15, 0.2) is 0 Å². The van der Waals surface area contributed by atoms with Crippen LogP contribution in [0.5, 0.6) is 0 Å². The number of carbonyl (C=O) groups is 2. The van der Waals surface area contributed by atoms with E-state index in [1.165, 1.54) is 0 Å². The first-order valence-electron chi connectivity index (χ1n) is 5.82. The van der Waals surface area contributed by atoms with Crippen molar-refractivity contribution in [1.29, 1.82) is 0 Å². The highest BCUT2D eigenvalue weighted by Gasteiger charge is 2.37. The van der Waals surface area contributed by atoms with E-state index < -0.39 is 11.4 Å². The molecule has 0 aromatic heterocycles. The molecule has 94 valence electrons. The van der Waals surface area contributed by atoms with E-state index in [1.807, 2.05) is 18.7 Å². The summed E-state index contributed by atoms with van der Waals surface area (Å²) in [6.45, 7) is 11.2. The van der Waals surface area contributed by atoms with E-state index >= 15 is 0 Å². The molecule has 0 aliphatic heterocycles. The van der Waals surface area contributed by atoms with Crippen LogP contribution in [0.3, 0.4) is 0 Å². The molecule has 0 aliphatic carbocycles. The fourth-order valence-electron chi connectivity index (χ4n) is 1.27. The zero-order valence-electron chi connectivity index (χ0n) is 11.0. The molecule has 0 aromatic carbocycles. The molecule has 0 N–H and O–H groups in total. The van der Waals surface area contributed by atoms with Crippen molar-refractivity contribution in [3.8, 4) is 0 Å². The third-order valence-corrected chi connectivity index (χ3v) is 2.74. The van der Waals surface area contributed by atoms with Crippen molar-refractivity contribution in [3.63, 3.8) is 0 Å². The maximum Gasteiger partial charge on any atom is 0.319 e. The number of carbonyl (C=O) groups excluding carboxylic acids is 2. The van der Waals surface area contributed by atoms with Crippen LogP contribution in [-0.2, 0) is 14.3 Å². The van der Waals surface area contributed by atoms with E-state index in [1.54, 1.807) is 20.8 Å². The number of hydrogen-bond donors (Lipinski definition) is 0. The van der Waals surface area contributed by atoms with Crippen LogP contribution in [-0.4, -0.2) is 42.9 Å². The lowest BCUT2D eigenvalue weighted by molar-refractivity contribution is -0.158. The van der Waals surface area contributed by atoms with Gasteiger partial charge in [0.1, 0.15) is 5.41 Å². The van der Waals surface area contributed by atoms with Gasteiger partial charge in [-0.3, -0.25) is 14.5 Å². The molecule has 0 unspecified atom stereocenters. The zero-order valence-corrected chi connectivity index (χ0v) is 11.0. The standard InChI is InChI=1S/C12H23NO3/c1-6-13(7-2)9-10(14)12(4,5)11(15)16-8-3/h6-9H2,1-5H3. The number of nitrogens with zero attached hydrogens (tertiary/aromatic N) is 1. The van der Waals surface area contributed by atoms with E-state index in [2.05, 4.69) is 0 Å². The molecule has 4 heteroatoms. The summed E-state index contributed by atoms with van der Waals surface area (Å²) in [5.41, 5.74) is -1.04. The molecular formula is C12H23NO3. The Bertz CT molecular complexity index is 245. The molecule has 0 radical (unpaired) electrons. The predicted molar refractivity (Wildman–Crippen MR) is 63.2 cm³/mol. The van der Waals surface area contributed by atoms with E-state index in [0.717, 1.165) is 13.1 Å². The predicted octanol–water partition coefficient (Wildman–Crippen LogP) is 1.49. The summed E-state index contributed by atoms with van der Waals surface area (Å²) in [6.07, 6.45) is 0. The van der Waals surface area contributed by atoms with Crippen LogP contribution < -0.4 is 0 Å². The normalized spacial score (nSPS) is 11.6. The highest BCUT2D eigenvalue weighted by molar-refractivity contribution is 6.03. The third kappa shape index (κ3) is 3.93. The van der Waals surface area contributed by atoms with Crippen molar-refractivity contribution in [1.82, 2.24) is 4.90 Å². The molecule has 0 aliphatic rings. The fourth-order valence-corrected chi connectivity index (χ4v) is 1.27. The largest absolute Gasteiger partial charge is 0.465 e. The summed E-state index contributed by atoms with van der Waals surface area (Å²) in [5.74, 6) is -0.526. The van der Waals surface area contributed by atoms with Gasteiger partial charge in [0.05, 0.1) is 13.2 Å². The number of ketones is 1. The molecular weight excluding hydrogens is 206 g/mol. The molecule has 0 saturated heterocycles. The minimum atomic E-state index is -1.04. The summed E-state index contributed by atoms with van der Waals surface area (Å²) >= 11 is 0. The Hall–Kier alpha value is -0.900. The van der Waals surface area contributed by atoms with E-state index in [4.69, 9.17) is 4.74 Å². The average Bonchev–Trinajstić information content (AvgIpc) is 2.25. The molecule has 0 atom stereocenters. The minimum Gasteiger partial charge on any atom is -0.465 e. The molecule has 0 heterocycles. The van der Waals surface area contributed by atoms with Gasteiger partial charge in [0, 0.05) is 0 Å². The number of likely N-dealkylation sites (N-methyl/N-ethyl adjacent to an activating group) is 1. The van der Waals surface area contributed by atoms with Gasteiger partial charge in [-0.25, -0.2) is 0 Å². The number of ether oxygens (including phenoxy) is 1. The first kappa shape index (κ1) is 15.1. The van der Waals surface area contributed by atoms with Crippen molar-refractivity contribution in [2.45, 2.75) is 34.6 Å². The second kappa shape index (κ2) is 6.63. The van der Waals surface area contributed by atoms with Crippen molar-refractivity contribution in [2.24, 2.45) is 5.41 Å². The summed E-state index contributed by atoms with van der Waals surface area (Å²) in [7, 11) is 0. The van der Waals surface area contributed by atoms with Crippen molar-refractivity contribution in [3.05, 3.63) is 0 Å². The maximum absolute atomic E-state index is 12.0. The summed E-state index contributed by atoms with van der Waals surface area (Å²) in [5, 5.41) is 0. The summed E-state index contributed by atoms with van der Waals surface area (Å²) in [6, 6.07) is 0.